The monoisotopic (exact) mass is 809 g/mol. The van der Waals surface area contributed by atoms with Crippen LogP contribution in [0, 0.1) is 33.5 Å². The number of hydrogen-bond acceptors (Lipinski definition) is 12. The maximum atomic E-state index is 12.6. The second kappa shape index (κ2) is 30.0. The molecule has 0 spiro atoms. The number of rotatable bonds is 26. The van der Waals surface area contributed by atoms with Crippen LogP contribution in [0.5, 0.6) is 11.5 Å². The fraction of sp³-hybridized carbons (Fsp3) is 0.568. The number of nitrogens with one attached hydrogen (secondary N) is 4. The molecule has 0 bridgehead atoms. The predicted octanol–water partition coefficient (Wildman–Crippen LogP) is 7.14. The molecule has 5 N–H and O–H groups in total. The molecule has 0 aliphatic rings. The Morgan fingerprint density at radius 3 is 1.59 bits per heavy atom. The van der Waals surface area contributed by atoms with Crippen molar-refractivity contribution in [1.29, 1.82) is 21.3 Å². The molecule has 0 aromatic heterocycles. The van der Waals surface area contributed by atoms with Gasteiger partial charge in [0.1, 0.15) is 42.0 Å². The number of carbonyl (C=O) groups excluding carboxylic acids is 3. The first kappa shape index (κ1) is 54.9. The van der Waals surface area contributed by atoms with Crippen molar-refractivity contribution in [3.8, 4) is 23.6 Å². The molecule has 1 unspecified atom stereocenters. The van der Waals surface area contributed by atoms with Crippen LogP contribution in [-0.4, -0.2) is 91.0 Å². The Hall–Kier alpha value is -5.15. The fourth-order valence-corrected chi connectivity index (χ4v) is 4.88. The molecule has 58 heavy (non-hydrogen) atoms. The van der Waals surface area contributed by atoms with Gasteiger partial charge in [-0.25, -0.2) is 0 Å². The van der Waals surface area contributed by atoms with Crippen molar-refractivity contribution in [2.24, 2.45) is 0 Å². The number of carbonyl (C=O) groups is 3. The van der Waals surface area contributed by atoms with E-state index in [1.54, 1.807) is 52.0 Å². The van der Waals surface area contributed by atoms with Crippen LogP contribution in [0.4, 0.5) is 0 Å². The third-order valence-electron chi connectivity index (χ3n) is 8.93. The number of methoxy groups -OCH3 is 2. The van der Waals surface area contributed by atoms with Crippen LogP contribution >= 0.6 is 0 Å². The summed E-state index contributed by atoms with van der Waals surface area (Å²) < 4.78 is 21.5. The number of aliphatic hydroxyl groups excluding tert-OH is 1. The molecule has 0 fully saturated rings. The molecule has 0 radical (unpaired) electrons. The van der Waals surface area contributed by atoms with E-state index in [9.17, 15) is 19.5 Å². The molecule has 0 saturated carbocycles. The van der Waals surface area contributed by atoms with Crippen LogP contribution in [0.2, 0.25) is 0 Å². The standard InChI is InChI=1S/C21H31N3O4.C21H29N3O4.2CH4/c2*1-21(2,27-3)20(26)24-18(12-8-7-9-16(23)13-14-22)19(25)15-28-17-10-5-4-6-11-17;;/h4-6,10-11,18-19,23,25H,7-9,12-13,15H2,1-3H3,(H,24,26);4-6,10-11,18,23H,7-9,12-13,15H2,1-3H3,(H,24,26);2*1H4/t18-,19?;18-;;/m00../s1. The third-order valence-corrected chi connectivity index (χ3v) is 8.93. The van der Waals surface area contributed by atoms with E-state index in [1.165, 1.54) is 14.2 Å². The van der Waals surface area contributed by atoms with Gasteiger partial charge in [-0.3, -0.25) is 14.4 Å². The SMILES string of the molecule is C.C.COC(C)(C)C(=O)N[C@@H](CCCCC(=N)CC#N)C(=O)COc1ccccc1.COC(C)(C)C(=O)N[C@@H](CCCCC(=N)CC#N)C(O)COc1ccccc1. The lowest BCUT2D eigenvalue weighted by atomic mass is 10.00. The smallest absolute Gasteiger partial charge is 0.252 e. The van der Waals surface area contributed by atoms with E-state index in [4.69, 9.17) is 40.3 Å². The summed E-state index contributed by atoms with van der Waals surface area (Å²) in [5, 5.41) is 48.7. The molecule has 14 heteroatoms. The second-order valence-electron chi connectivity index (χ2n) is 14.2. The van der Waals surface area contributed by atoms with Crippen molar-refractivity contribution in [2.45, 2.75) is 136 Å². The molecule has 0 saturated heterocycles. The van der Waals surface area contributed by atoms with Gasteiger partial charge in [-0.2, -0.15) is 10.5 Å². The highest BCUT2D eigenvalue weighted by molar-refractivity contribution is 5.92. The summed E-state index contributed by atoms with van der Waals surface area (Å²) in [7, 11) is 2.90. The largest absolute Gasteiger partial charge is 0.491 e. The van der Waals surface area contributed by atoms with Gasteiger partial charge in [-0.15, -0.1) is 0 Å². The van der Waals surface area contributed by atoms with Gasteiger partial charge in [0.25, 0.3) is 11.8 Å². The maximum Gasteiger partial charge on any atom is 0.252 e. The number of nitriles is 2. The Labute approximate surface area is 346 Å². The van der Waals surface area contributed by atoms with Crippen molar-refractivity contribution >= 4 is 29.0 Å². The van der Waals surface area contributed by atoms with Gasteiger partial charge in [0.15, 0.2) is 5.78 Å². The summed E-state index contributed by atoms with van der Waals surface area (Å²) in [5.41, 5.74) is -1.28. The molecular weight excluding hydrogens is 741 g/mol. The number of benzene rings is 2. The Morgan fingerprint density at radius 2 is 1.14 bits per heavy atom. The maximum absolute atomic E-state index is 12.6. The lowest BCUT2D eigenvalue weighted by Gasteiger charge is -2.29. The van der Waals surface area contributed by atoms with Crippen LogP contribution in [0.1, 0.15) is 107 Å². The van der Waals surface area contributed by atoms with Crippen molar-refractivity contribution in [1.82, 2.24) is 10.6 Å². The average Bonchev–Trinajstić information content (AvgIpc) is 3.19. The summed E-state index contributed by atoms with van der Waals surface area (Å²) in [6, 6.07) is 20.9. The first-order chi connectivity index (χ1) is 26.6. The lowest BCUT2D eigenvalue weighted by Crippen LogP contribution is -2.52. The highest BCUT2D eigenvalue weighted by Crippen LogP contribution is 2.16. The molecule has 322 valence electrons. The average molecular weight is 809 g/mol. The van der Waals surface area contributed by atoms with Gasteiger partial charge in [0.05, 0.1) is 37.1 Å². The molecule has 2 aromatic rings. The summed E-state index contributed by atoms with van der Waals surface area (Å²) in [6.07, 6.45) is 4.10. The quantitative estimate of drug-likeness (QED) is 0.0477. The van der Waals surface area contributed by atoms with E-state index in [0.29, 0.717) is 74.3 Å². The number of amides is 2. The van der Waals surface area contributed by atoms with Crippen LogP contribution in [-0.2, 0) is 23.9 Å². The molecule has 0 heterocycles. The molecule has 0 aliphatic carbocycles. The number of aliphatic hydroxyl groups is 1. The Morgan fingerprint density at radius 1 is 0.707 bits per heavy atom. The Balaban J connectivity index is 0. The van der Waals surface area contributed by atoms with Gasteiger partial charge >= 0.3 is 0 Å². The molecule has 2 amide bonds. The van der Waals surface area contributed by atoms with Crippen LogP contribution in [0.3, 0.4) is 0 Å². The zero-order chi connectivity index (χ0) is 42.0. The minimum Gasteiger partial charge on any atom is -0.491 e. The van der Waals surface area contributed by atoms with E-state index >= 15 is 0 Å². The Bertz CT molecular complexity index is 1590. The van der Waals surface area contributed by atoms with Crippen LogP contribution < -0.4 is 20.1 Å². The lowest BCUT2D eigenvalue weighted by molar-refractivity contribution is -0.142. The first-order valence-corrected chi connectivity index (χ1v) is 18.7. The van der Waals surface area contributed by atoms with Crippen molar-refractivity contribution in [3.05, 3.63) is 60.7 Å². The zero-order valence-electron chi connectivity index (χ0n) is 33.7. The number of unbranched alkanes of at least 4 members (excludes halogenated alkanes) is 2. The van der Waals surface area contributed by atoms with E-state index in [1.807, 2.05) is 48.5 Å². The zero-order valence-corrected chi connectivity index (χ0v) is 33.7. The molecule has 2 rings (SSSR count). The van der Waals surface area contributed by atoms with E-state index in [0.717, 1.165) is 0 Å². The van der Waals surface area contributed by atoms with Gasteiger partial charge in [0.2, 0.25) is 0 Å². The van der Waals surface area contributed by atoms with Crippen LogP contribution in [0.25, 0.3) is 0 Å². The molecular formula is C44H68N6O8. The third kappa shape index (κ3) is 22.6. The summed E-state index contributed by atoms with van der Waals surface area (Å²) in [5.74, 6) is 0.328. The molecule has 2 aromatic carbocycles. The molecule has 3 atom stereocenters. The molecule has 0 aliphatic heterocycles. The number of Topliss-reactive ketones (excluding diaryl/α,β-unsaturated/α-hetero) is 1. The topological polar surface area (TPSA) is 228 Å². The van der Waals surface area contributed by atoms with Gasteiger partial charge in [-0.1, -0.05) is 64.1 Å². The van der Waals surface area contributed by atoms with Crippen molar-refractivity contribution in [3.63, 3.8) is 0 Å². The summed E-state index contributed by atoms with van der Waals surface area (Å²) >= 11 is 0. The predicted molar refractivity (Wildman–Crippen MR) is 227 cm³/mol. The second-order valence-corrected chi connectivity index (χ2v) is 14.2. The van der Waals surface area contributed by atoms with E-state index < -0.39 is 29.4 Å². The Kier molecular flexibility index (Phi) is 28.4. The number of para-hydroxylation sites is 2. The number of hydrogen-bond donors (Lipinski definition) is 5. The molecule has 14 nitrogen and oxygen atoms in total. The minimum atomic E-state index is -1.05. The van der Waals surface area contributed by atoms with Crippen molar-refractivity contribution in [2.75, 3.05) is 27.4 Å². The minimum absolute atomic E-state index is 0. The van der Waals surface area contributed by atoms with Gasteiger partial charge in [0, 0.05) is 25.6 Å². The highest BCUT2D eigenvalue weighted by Gasteiger charge is 2.32. The van der Waals surface area contributed by atoms with E-state index in [2.05, 4.69) is 10.6 Å². The van der Waals surface area contributed by atoms with Gasteiger partial charge < -0.3 is 45.5 Å². The van der Waals surface area contributed by atoms with Crippen LogP contribution in [0.15, 0.2) is 60.7 Å². The number of nitrogens with zero attached hydrogens (tertiary/aromatic N) is 2. The first-order valence-electron chi connectivity index (χ1n) is 18.7. The normalized spacial score (nSPS) is 12.2. The summed E-state index contributed by atoms with van der Waals surface area (Å²) in [6.45, 7) is 6.49. The fourth-order valence-electron chi connectivity index (χ4n) is 4.88. The van der Waals surface area contributed by atoms with Crippen molar-refractivity contribution < 1.29 is 38.4 Å². The highest BCUT2D eigenvalue weighted by atomic mass is 16.5. The summed E-state index contributed by atoms with van der Waals surface area (Å²) in [4.78, 5) is 37.5. The van der Waals surface area contributed by atoms with E-state index in [-0.39, 0.29) is 58.5 Å². The number of ether oxygens (including phenoxy) is 4. The number of ketones is 1. The van der Waals surface area contributed by atoms with Gasteiger partial charge in [-0.05, 0) is 90.5 Å².